The highest BCUT2D eigenvalue weighted by Gasteiger charge is 2.17. The van der Waals surface area contributed by atoms with Crippen molar-refractivity contribution in [2.45, 2.75) is 136 Å². The lowest BCUT2D eigenvalue weighted by atomic mass is 10.1. The predicted octanol–water partition coefficient (Wildman–Crippen LogP) is 7.49. The van der Waals surface area contributed by atoms with Crippen molar-refractivity contribution in [2.75, 3.05) is 0 Å². The largest absolute Gasteiger partial charge is 0.512 e. The minimum absolute atomic E-state index is 0.0246. The fourth-order valence-corrected chi connectivity index (χ4v) is 3.57. The number of carbonyl (C=O) groups is 2. The minimum atomic E-state index is -0.971. The topological polar surface area (TPSA) is 83.8 Å². The van der Waals surface area contributed by atoms with Gasteiger partial charge in [-0.15, -0.1) is 0 Å². The van der Waals surface area contributed by atoms with Crippen LogP contribution in [0.3, 0.4) is 0 Å². The summed E-state index contributed by atoms with van der Waals surface area (Å²) in [6, 6.07) is 0. The lowest BCUT2D eigenvalue weighted by molar-refractivity contribution is -0.148. The predicted molar refractivity (Wildman–Crippen MR) is 123 cm³/mol. The van der Waals surface area contributed by atoms with Crippen LogP contribution in [-0.4, -0.2) is 28.3 Å². The highest BCUT2D eigenvalue weighted by Crippen LogP contribution is 2.15. The molecule has 0 aromatic heterocycles. The Labute approximate surface area is 184 Å². The molecular formula is C25H46O5. The van der Waals surface area contributed by atoms with Crippen molar-refractivity contribution in [1.29, 1.82) is 0 Å². The van der Waals surface area contributed by atoms with E-state index in [2.05, 4.69) is 13.8 Å². The summed E-state index contributed by atoms with van der Waals surface area (Å²) in [7, 11) is 0. The number of hydrogen-bond donors (Lipinski definition) is 2. The summed E-state index contributed by atoms with van der Waals surface area (Å²) < 4.78 is 5.30. The number of carboxylic acids is 1. The number of carboxylic acid groups (broad SMARTS) is 1. The fraction of sp³-hybridized carbons (Fsp3) is 0.840. The van der Waals surface area contributed by atoms with Gasteiger partial charge in [-0.1, -0.05) is 97.3 Å². The van der Waals surface area contributed by atoms with Crippen molar-refractivity contribution in [1.82, 2.24) is 0 Å². The van der Waals surface area contributed by atoms with Crippen LogP contribution in [0.5, 0.6) is 0 Å². The first-order valence-corrected chi connectivity index (χ1v) is 12.3. The van der Waals surface area contributed by atoms with Crippen LogP contribution < -0.4 is 0 Å². The number of aliphatic hydroxyl groups excluding tert-OH is 1. The summed E-state index contributed by atoms with van der Waals surface area (Å²) in [5.74, 6) is -1.58. The maximum absolute atomic E-state index is 12.0. The summed E-state index contributed by atoms with van der Waals surface area (Å²) in [5, 5.41) is 19.0. The average Bonchev–Trinajstić information content (AvgIpc) is 2.68. The Bertz CT molecular complexity index is 458. The molecule has 0 rings (SSSR count). The Kier molecular flexibility index (Phi) is 19.7. The van der Waals surface area contributed by atoms with Gasteiger partial charge in [0.25, 0.3) is 0 Å². The van der Waals surface area contributed by atoms with E-state index in [-0.39, 0.29) is 12.2 Å². The lowest BCUT2D eigenvalue weighted by Crippen LogP contribution is -2.21. The van der Waals surface area contributed by atoms with E-state index in [9.17, 15) is 14.7 Å². The van der Waals surface area contributed by atoms with Crippen molar-refractivity contribution in [3.8, 4) is 0 Å². The van der Waals surface area contributed by atoms with Gasteiger partial charge in [0.2, 0.25) is 0 Å². The van der Waals surface area contributed by atoms with Gasteiger partial charge in [0.1, 0.15) is 6.10 Å². The molecule has 30 heavy (non-hydrogen) atoms. The molecule has 0 radical (unpaired) electrons. The van der Waals surface area contributed by atoms with E-state index in [0.29, 0.717) is 12.8 Å². The highest BCUT2D eigenvalue weighted by atomic mass is 16.5. The van der Waals surface area contributed by atoms with Crippen molar-refractivity contribution in [3.05, 3.63) is 11.8 Å². The van der Waals surface area contributed by atoms with Gasteiger partial charge in [0.15, 0.2) is 0 Å². The average molecular weight is 427 g/mol. The van der Waals surface area contributed by atoms with E-state index in [4.69, 9.17) is 9.84 Å². The number of aliphatic carboxylic acids is 1. The summed E-state index contributed by atoms with van der Waals surface area (Å²) >= 11 is 0. The van der Waals surface area contributed by atoms with Gasteiger partial charge in [-0.05, 0) is 19.3 Å². The third-order valence-electron chi connectivity index (χ3n) is 5.39. The van der Waals surface area contributed by atoms with Crippen LogP contribution in [0.15, 0.2) is 11.8 Å². The quantitative estimate of drug-likeness (QED) is 0.0859. The summed E-state index contributed by atoms with van der Waals surface area (Å²) in [4.78, 5) is 23.1. The molecule has 1 unspecified atom stereocenters. The molecule has 0 bridgehead atoms. The van der Waals surface area contributed by atoms with Crippen molar-refractivity contribution >= 4 is 11.9 Å². The molecule has 0 saturated carbocycles. The van der Waals surface area contributed by atoms with Crippen molar-refractivity contribution < 1.29 is 24.5 Å². The molecule has 0 aliphatic heterocycles. The monoisotopic (exact) mass is 426 g/mol. The maximum Gasteiger partial charge on any atom is 0.334 e. The summed E-state index contributed by atoms with van der Waals surface area (Å²) in [5.41, 5.74) is 0. The molecule has 2 N–H and O–H groups in total. The number of ether oxygens (including phenoxy) is 1. The maximum atomic E-state index is 12.0. The molecule has 1 atom stereocenters. The minimum Gasteiger partial charge on any atom is -0.512 e. The molecule has 0 aromatic carbocycles. The molecule has 176 valence electrons. The zero-order valence-corrected chi connectivity index (χ0v) is 19.5. The van der Waals surface area contributed by atoms with Crippen LogP contribution in [0.2, 0.25) is 0 Å². The van der Waals surface area contributed by atoms with Gasteiger partial charge < -0.3 is 14.9 Å². The van der Waals surface area contributed by atoms with Gasteiger partial charge in [0, 0.05) is 6.42 Å². The summed E-state index contributed by atoms with van der Waals surface area (Å²) in [6.07, 6.45) is 18.7. The molecule has 5 nitrogen and oxygen atoms in total. The van der Waals surface area contributed by atoms with Crippen LogP contribution in [0.1, 0.15) is 129 Å². The lowest BCUT2D eigenvalue weighted by Gasteiger charge is -2.15. The molecule has 0 saturated heterocycles. The Morgan fingerprint density at radius 1 is 0.733 bits per heavy atom. The highest BCUT2D eigenvalue weighted by molar-refractivity contribution is 5.82. The molecular weight excluding hydrogens is 380 g/mol. The number of esters is 1. The smallest absolute Gasteiger partial charge is 0.334 e. The van der Waals surface area contributed by atoms with E-state index >= 15 is 0 Å². The number of allylic oxidation sites excluding steroid dienone is 1. The Morgan fingerprint density at radius 3 is 1.70 bits per heavy atom. The second-order valence-corrected chi connectivity index (χ2v) is 8.43. The van der Waals surface area contributed by atoms with Gasteiger partial charge in [-0.2, -0.15) is 0 Å². The number of carbonyl (C=O) groups excluding carboxylic acids is 1. The Hall–Kier alpha value is -1.52. The van der Waals surface area contributed by atoms with Crippen LogP contribution >= 0.6 is 0 Å². The van der Waals surface area contributed by atoms with Crippen LogP contribution in [0.25, 0.3) is 0 Å². The van der Waals surface area contributed by atoms with Crippen molar-refractivity contribution in [2.24, 2.45) is 0 Å². The van der Waals surface area contributed by atoms with Crippen LogP contribution in [0, 0.1) is 0 Å². The molecule has 5 heteroatoms. The van der Waals surface area contributed by atoms with Gasteiger partial charge >= 0.3 is 11.9 Å². The zero-order valence-electron chi connectivity index (χ0n) is 19.5. The number of aliphatic hydroxyl groups is 1. The molecule has 0 aliphatic rings. The second-order valence-electron chi connectivity index (χ2n) is 8.43. The van der Waals surface area contributed by atoms with E-state index in [0.717, 1.165) is 44.6 Å². The third kappa shape index (κ3) is 19.8. The van der Waals surface area contributed by atoms with E-state index in [1.54, 1.807) is 0 Å². The Balaban J connectivity index is 4.03. The molecule has 0 heterocycles. The summed E-state index contributed by atoms with van der Waals surface area (Å²) in [6.45, 7) is 4.39. The fourth-order valence-electron chi connectivity index (χ4n) is 3.57. The van der Waals surface area contributed by atoms with E-state index in [1.165, 1.54) is 57.8 Å². The Morgan fingerprint density at radius 2 is 1.20 bits per heavy atom. The first-order chi connectivity index (χ1) is 14.5. The SMILES string of the molecule is CCCCCCCCCCCC(O)=CC(=O)OC(CCCCCCCC)CC(=O)O. The van der Waals surface area contributed by atoms with Crippen LogP contribution in [-0.2, 0) is 14.3 Å². The van der Waals surface area contributed by atoms with Crippen molar-refractivity contribution in [3.63, 3.8) is 0 Å². The van der Waals surface area contributed by atoms with E-state index in [1.807, 2.05) is 0 Å². The molecule has 0 amide bonds. The molecule has 0 fully saturated rings. The third-order valence-corrected chi connectivity index (χ3v) is 5.39. The number of hydrogen-bond acceptors (Lipinski definition) is 4. The number of rotatable bonds is 21. The molecule has 0 aromatic rings. The molecule has 0 aliphatic carbocycles. The molecule has 0 spiro atoms. The van der Waals surface area contributed by atoms with Gasteiger partial charge in [0.05, 0.1) is 18.3 Å². The number of unbranched alkanes of at least 4 members (excludes halogenated alkanes) is 13. The van der Waals surface area contributed by atoms with Gasteiger partial charge in [-0.3, -0.25) is 4.79 Å². The van der Waals surface area contributed by atoms with Crippen LogP contribution in [0.4, 0.5) is 0 Å². The first-order valence-electron chi connectivity index (χ1n) is 12.3. The standard InChI is InChI=1S/C25H46O5/c1-3-5-7-9-11-12-13-14-16-18-22(26)20-25(29)30-23(21-24(27)28)19-17-15-10-8-6-4-2/h20,23,26H,3-19,21H2,1-2H3,(H,27,28). The first kappa shape index (κ1) is 28.5. The van der Waals surface area contributed by atoms with Gasteiger partial charge in [-0.25, -0.2) is 4.79 Å². The second kappa shape index (κ2) is 20.7. The van der Waals surface area contributed by atoms with E-state index < -0.39 is 18.0 Å². The normalized spacial score (nSPS) is 12.7. The zero-order chi connectivity index (χ0) is 22.5.